The zero-order valence-electron chi connectivity index (χ0n) is 43.7. The van der Waals surface area contributed by atoms with Crippen LogP contribution in [0.2, 0.25) is 0 Å². The summed E-state index contributed by atoms with van der Waals surface area (Å²) < 4.78 is 1.60. The number of aromatic amines is 1. The molecule has 2 aromatic carbocycles. The van der Waals surface area contributed by atoms with E-state index in [0.29, 0.717) is 49.8 Å². The van der Waals surface area contributed by atoms with Gasteiger partial charge in [0.25, 0.3) is 0 Å². The molecule has 0 saturated carbocycles. The number of rotatable bonds is 15. The van der Waals surface area contributed by atoms with Crippen LogP contribution in [0.5, 0.6) is 0 Å². The molecule has 76 heavy (non-hydrogen) atoms. The van der Waals surface area contributed by atoms with Gasteiger partial charge in [0.05, 0.1) is 24.2 Å². The molecule has 23 nitrogen and oxygen atoms in total. The molecule has 2 saturated heterocycles. The van der Waals surface area contributed by atoms with Crippen LogP contribution in [0, 0.1) is 11.8 Å². The van der Waals surface area contributed by atoms with Gasteiger partial charge in [-0.25, -0.2) is 4.68 Å². The van der Waals surface area contributed by atoms with E-state index < -0.39 is 114 Å². The highest BCUT2D eigenvalue weighted by atomic mass is 16.2. The maximum atomic E-state index is 15.3. The zero-order chi connectivity index (χ0) is 55.1. The highest BCUT2D eigenvalue weighted by molar-refractivity contribution is 5.99. The number of amides is 9. The monoisotopic (exact) mass is 1050 g/mol. The van der Waals surface area contributed by atoms with Gasteiger partial charge in [0.15, 0.2) is 0 Å². The molecule has 0 radical (unpaired) electrons. The van der Waals surface area contributed by atoms with Crippen molar-refractivity contribution in [3.05, 3.63) is 83.8 Å². The third-order valence-electron chi connectivity index (χ3n) is 14.6. The van der Waals surface area contributed by atoms with Gasteiger partial charge in [-0.05, 0) is 67.6 Å². The van der Waals surface area contributed by atoms with E-state index in [2.05, 4.69) is 47.2 Å². The summed E-state index contributed by atoms with van der Waals surface area (Å²) in [7, 11) is 0. The van der Waals surface area contributed by atoms with E-state index in [4.69, 9.17) is 17.2 Å². The van der Waals surface area contributed by atoms with Crippen LogP contribution < -0.4 is 49.1 Å². The second-order valence-electron chi connectivity index (χ2n) is 20.1. The minimum atomic E-state index is -1.66. The number of aromatic nitrogens is 4. The Morgan fingerprint density at radius 3 is 2.24 bits per heavy atom. The summed E-state index contributed by atoms with van der Waals surface area (Å²) >= 11 is 0. The molecular formula is C53H74N14O9. The molecule has 10 atom stereocenters. The van der Waals surface area contributed by atoms with Crippen LogP contribution in [-0.4, -0.2) is 133 Å². The molecule has 13 N–H and O–H groups in total. The van der Waals surface area contributed by atoms with Crippen molar-refractivity contribution in [3.8, 4) is 0 Å². The van der Waals surface area contributed by atoms with Gasteiger partial charge in [0.1, 0.15) is 36.3 Å². The van der Waals surface area contributed by atoms with Crippen molar-refractivity contribution < 1.29 is 43.2 Å². The molecule has 23 heteroatoms. The average molecular weight is 1050 g/mol. The fraction of sp³-hybridized carbons (Fsp3) is 0.528. The number of hydrogen-bond donors (Lipinski definition) is 10. The summed E-state index contributed by atoms with van der Waals surface area (Å²) in [5.41, 5.74) is 20.9. The van der Waals surface area contributed by atoms with E-state index in [1.165, 1.54) is 4.90 Å². The predicted octanol–water partition coefficient (Wildman–Crippen LogP) is 0.214. The van der Waals surface area contributed by atoms with Crippen LogP contribution in [0.1, 0.15) is 108 Å². The average Bonchev–Trinajstić information content (AvgIpc) is 4.18. The molecule has 2 aliphatic heterocycles. The number of H-pyrrole nitrogens is 1. The number of aryl methyl sites for hydroxylation is 2. The fourth-order valence-corrected chi connectivity index (χ4v) is 9.49. The molecule has 2 fully saturated rings. The number of primary amides is 2. The van der Waals surface area contributed by atoms with Gasteiger partial charge < -0.3 is 59.0 Å². The first kappa shape index (κ1) is 57.6. The quantitative estimate of drug-likeness (QED) is 0.0765. The Morgan fingerprint density at radius 2 is 1.53 bits per heavy atom. The fourth-order valence-electron chi connectivity index (χ4n) is 9.49. The standard InChI is InChI=1S/C53H74N14O9/c1-5-30(3)45(55)52(75)60-39-21-22-44(69)57-23-13-12-18-38(47(56)70)59-49(72)40(24-33-27-58-37-17-11-10-16-36(33)37)62-51(74)42-25-35(67-28-34(64-65-67)20-19-32-14-8-7-9-15-32)29-66(42)53(76)46(31(4)6-2)63-50(73)41(26-43(54)68)61-48(39)71/h7-11,14-17,27-28,30-31,35,38-42,45-46,58H,5-6,12-13,18-26,29,55H2,1-4H3,(H2,54,68)(H2,56,70)(H,57,69)(H,59,72)(H,60,75)(H,61,71)(H,62,74)(H,63,73)/t30-,31-,35-,38-,39+,40-,41-,42-,45-,46-/m1/s1. The number of fused-ring (bicyclic) bond motifs is 2. The second kappa shape index (κ2) is 27.2. The van der Waals surface area contributed by atoms with Crippen LogP contribution in [0.15, 0.2) is 67.0 Å². The first-order chi connectivity index (χ1) is 36.4. The van der Waals surface area contributed by atoms with Crippen molar-refractivity contribution in [3.63, 3.8) is 0 Å². The van der Waals surface area contributed by atoms with Gasteiger partial charge in [-0.1, -0.05) is 94.3 Å². The molecule has 4 aromatic rings. The Bertz CT molecular complexity index is 2690. The van der Waals surface area contributed by atoms with Crippen molar-refractivity contribution in [2.24, 2.45) is 29.0 Å². The van der Waals surface area contributed by atoms with Crippen LogP contribution in [-0.2, 0) is 62.4 Å². The minimum absolute atomic E-state index is 0.0102. The van der Waals surface area contributed by atoms with Crippen molar-refractivity contribution in [2.45, 2.75) is 153 Å². The molecular weight excluding hydrogens is 977 g/mol. The molecule has 410 valence electrons. The number of nitrogens with two attached hydrogens (primary N) is 3. The van der Waals surface area contributed by atoms with E-state index in [0.717, 1.165) is 16.5 Å². The summed E-state index contributed by atoms with van der Waals surface area (Å²) in [4.78, 5) is 130. The van der Waals surface area contributed by atoms with Gasteiger partial charge in [0, 0.05) is 55.6 Å². The van der Waals surface area contributed by atoms with E-state index in [-0.39, 0.29) is 51.1 Å². The largest absolute Gasteiger partial charge is 0.370 e. The first-order valence-corrected chi connectivity index (χ1v) is 26.3. The maximum Gasteiger partial charge on any atom is 0.246 e. The summed E-state index contributed by atoms with van der Waals surface area (Å²) in [5, 5.41) is 25.9. The van der Waals surface area contributed by atoms with Crippen LogP contribution in [0.4, 0.5) is 0 Å². The Hall–Kier alpha value is -7.69. The SMILES string of the molecule is CC[C@@H](C)[C@@H](N)C(=O)N[C@H]1CCC(=O)NCCCC[C@H](C(N)=O)NC(=O)[C@@H](Cc2c[nH]c3ccccc23)NC(=O)[C@H]2C[C@@H](n3cc(CCc4ccccc4)nn3)CN2C(=O)[C@@H]([C@H](C)CC)NC(=O)[C@@H](CC(N)=O)NC1=O. The number of nitrogens with zero attached hydrogens (tertiary/aromatic N) is 4. The highest BCUT2D eigenvalue weighted by Gasteiger charge is 2.46. The molecule has 0 aliphatic carbocycles. The van der Waals surface area contributed by atoms with E-state index >= 15 is 9.59 Å². The van der Waals surface area contributed by atoms with Crippen molar-refractivity contribution in [1.82, 2.24) is 56.8 Å². The van der Waals surface area contributed by atoms with Crippen LogP contribution in [0.25, 0.3) is 10.9 Å². The minimum Gasteiger partial charge on any atom is -0.370 e. The Labute approximate surface area is 441 Å². The number of carbonyl (C=O) groups is 9. The molecule has 2 aliphatic rings. The Balaban J connectivity index is 1.37. The highest BCUT2D eigenvalue weighted by Crippen LogP contribution is 2.30. The van der Waals surface area contributed by atoms with Gasteiger partial charge in [0.2, 0.25) is 53.2 Å². The van der Waals surface area contributed by atoms with E-state index in [9.17, 15) is 33.6 Å². The summed E-state index contributed by atoms with van der Waals surface area (Å²) in [6.45, 7) is 7.17. The third kappa shape index (κ3) is 15.4. The van der Waals surface area contributed by atoms with Gasteiger partial charge in [-0.15, -0.1) is 5.10 Å². The summed E-state index contributed by atoms with van der Waals surface area (Å²) in [5.74, 6) is -7.84. The number of nitrogens with one attached hydrogen (secondary N) is 7. The van der Waals surface area contributed by atoms with Gasteiger partial charge in [-0.2, -0.15) is 0 Å². The van der Waals surface area contributed by atoms with Gasteiger partial charge >= 0.3 is 0 Å². The molecule has 6 rings (SSSR count). The Morgan fingerprint density at radius 1 is 0.816 bits per heavy atom. The number of carbonyl (C=O) groups excluding carboxylic acids is 9. The lowest BCUT2D eigenvalue weighted by molar-refractivity contribution is -0.144. The van der Waals surface area contributed by atoms with Gasteiger partial charge in [-0.3, -0.25) is 43.2 Å². The zero-order valence-corrected chi connectivity index (χ0v) is 43.7. The van der Waals surface area contributed by atoms with Crippen LogP contribution >= 0.6 is 0 Å². The second-order valence-corrected chi connectivity index (χ2v) is 20.1. The molecule has 0 bridgehead atoms. The topological polar surface area (TPSA) is 354 Å². The van der Waals surface area contributed by atoms with E-state index in [1.807, 2.05) is 61.5 Å². The predicted molar refractivity (Wildman–Crippen MR) is 281 cm³/mol. The van der Waals surface area contributed by atoms with Crippen molar-refractivity contribution >= 4 is 64.1 Å². The molecule has 2 aromatic heterocycles. The lowest BCUT2D eigenvalue weighted by Crippen LogP contribution is -2.61. The number of para-hydroxylation sites is 1. The first-order valence-electron chi connectivity index (χ1n) is 26.3. The van der Waals surface area contributed by atoms with Crippen molar-refractivity contribution in [2.75, 3.05) is 13.1 Å². The number of hydrogen-bond acceptors (Lipinski definition) is 12. The van der Waals surface area contributed by atoms with E-state index in [1.54, 1.807) is 37.8 Å². The smallest absolute Gasteiger partial charge is 0.246 e. The lowest BCUT2D eigenvalue weighted by Gasteiger charge is -2.33. The van der Waals surface area contributed by atoms with Crippen molar-refractivity contribution in [1.29, 1.82) is 0 Å². The van der Waals surface area contributed by atoms with Crippen LogP contribution in [0.3, 0.4) is 0 Å². The lowest BCUT2D eigenvalue weighted by atomic mass is 9.96. The normalized spacial score (nSPS) is 24.1. The summed E-state index contributed by atoms with van der Waals surface area (Å²) in [6.07, 6.45) is 5.12. The summed E-state index contributed by atoms with van der Waals surface area (Å²) in [6, 6.07) is 7.48. The number of benzene rings is 2. The molecule has 0 spiro atoms. The molecule has 0 unspecified atom stereocenters. The maximum absolute atomic E-state index is 15.3. The molecule has 9 amide bonds. The third-order valence-corrected chi connectivity index (χ3v) is 14.6. The molecule has 4 heterocycles. The Kier molecular flexibility index (Phi) is 20.6.